The first-order valence-electron chi connectivity index (χ1n) is 12.4. The van der Waals surface area contributed by atoms with E-state index in [9.17, 15) is 22.4 Å². The van der Waals surface area contributed by atoms with Crippen molar-refractivity contribution < 1.29 is 31.8 Å². The first-order chi connectivity index (χ1) is 17.1. The molecule has 1 aliphatic carbocycles. The van der Waals surface area contributed by atoms with Gasteiger partial charge in [0.1, 0.15) is 17.7 Å². The highest BCUT2D eigenvalue weighted by Crippen LogP contribution is 2.44. The average Bonchev–Trinajstić information content (AvgIpc) is 2.87. The Bertz CT molecular complexity index is 1050. The fraction of sp³-hybridized carbons (Fsp3) is 0.556. The normalized spacial score (nSPS) is 23.9. The second-order valence-corrected chi connectivity index (χ2v) is 9.35. The van der Waals surface area contributed by atoms with Crippen LogP contribution < -0.4 is 5.32 Å². The van der Waals surface area contributed by atoms with Crippen molar-refractivity contribution in [3.63, 3.8) is 0 Å². The zero-order chi connectivity index (χ0) is 26.5. The van der Waals surface area contributed by atoms with Gasteiger partial charge in [0.15, 0.2) is 0 Å². The number of benzene rings is 1. The minimum Gasteiger partial charge on any atom is -0.376 e. The molecule has 1 aromatic carbocycles. The molecule has 198 valence electrons. The molecule has 2 unspecified atom stereocenters. The number of halogens is 4. The van der Waals surface area contributed by atoms with Gasteiger partial charge in [-0.25, -0.2) is 17.6 Å². The van der Waals surface area contributed by atoms with Crippen LogP contribution in [0, 0.1) is 11.6 Å². The van der Waals surface area contributed by atoms with Gasteiger partial charge in [0, 0.05) is 43.2 Å². The molecule has 2 atom stereocenters. The predicted molar refractivity (Wildman–Crippen MR) is 130 cm³/mol. The molecular weight excluding hydrogens is 476 g/mol. The van der Waals surface area contributed by atoms with E-state index in [0.29, 0.717) is 18.5 Å². The van der Waals surface area contributed by atoms with E-state index in [4.69, 9.17) is 9.47 Å². The quantitative estimate of drug-likeness (QED) is 0.446. The SMILES string of the molecule is CC.COC1(C)CCC(C(=O)Nc2c(-c3cc(F)ccc3F)ccnc2C2CCC(F)(F)CC2)OC1. The molecule has 5 nitrogen and oxygen atoms in total. The molecule has 1 amide bonds. The summed E-state index contributed by atoms with van der Waals surface area (Å²) in [4.78, 5) is 17.5. The zero-order valence-corrected chi connectivity index (χ0v) is 21.2. The standard InChI is InChI=1S/C25H28F4N2O3.C2H6/c1-24(33-2)9-7-20(34-14-24)23(32)31-22-17(18-13-16(26)3-4-19(18)27)8-12-30-21(22)15-5-10-25(28,29)11-6-15;1-2/h3-4,8,12-13,15,20H,5-7,9-11,14H2,1-2H3,(H,31,32);1-2H3. The minimum atomic E-state index is -2.74. The van der Waals surface area contributed by atoms with E-state index < -0.39 is 35.2 Å². The van der Waals surface area contributed by atoms with Gasteiger partial charge in [-0.1, -0.05) is 13.8 Å². The highest BCUT2D eigenvalue weighted by molar-refractivity contribution is 5.99. The van der Waals surface area contributed by atoms with Crippen LogP contribution in [-0.2, 0) is 14.3 Å². The third-order valence-corrected chi connectivity index (χ3v) is 6.86. The van der Waals surface area contributed by atoms with Gasteiger partial charge in [0.25, 0.3) is 5.91 Å². The van der Waals surface area contributed by atoms with Crippen LogP contribution in [0.4, 0.5) is 23.2 Å². The Morgan fingerprint density at radius 2 is 1.78 bits per heavy atom. The number of carbonyl (C=O) groups is 1. The predicted octanol–water partition coefficient (Wildman–Crippen LogP) is 6.87. The Balaban J connectivity index is 0.00000176. The second kappa shape index (κ2) is 11.7. The summed E-state index contributed by atoms with van der Waals surface area (Å²) in [6.45, 7) is 6.12. The summed E-state index contributed by atoms with van der Waals surface area (Å²) >= 11 is 0. The van der Waals surface area contributed by atoms with Crippen molar-refractivity contribution >= 4 is 11.6 Å². The molecule has 2 heterocycles. The summed E-state index contributed by atoms with van der Waals surface area (Å²) in [5.41, 5.74) is 0.305. The van der Waals surface area contributed by atoms with Gasteiger partial charge < -0.3 is 14.8 Å². The Morgan fingerprint density at radius 3 is 2.39 bits per heavy atom. The summed E-state index contributed by atoms with van der Waals surface area (Å²) < 4.78 is 67.4. The maximum atomic E-state index is 14.7. The van der Waals surface area contributed by atoms with Crippen LogP contribution >= 0.6 is 0 Å². The number of hydrogen-bond donors (Lipinski definition) is 1. The van der Waals surface area contributed by atoms with Crippen LogP contribution in [0.25, 0.3) is 11.1 Å². The molecule has 1 saturated heterocycles. The number of rotatable bonds is 5. The summed E-state index contributed by atoms with van der Waals surface area (Å²) in [5.74, 6) is -4.86. The largest absolute Gasteiger partial charge is 0.376 e. The molecule has 4 rings (SSSR count). The van der Waals surface area contributed by atoms with E-state index in [2.05, 4.69) is 10.3 Å². The van der Waals surface area contributed by atoms with E-state index in [1.54, 1.807) is 7.11 Å². The highest BCUT2D eigenvalue weighted by atomic mass is 19.3. The lowest BCUT2D eigenvalue weighted by Gasteiger charge is -2.36. The first-order valence-corrected chi connectivity index (χ1v) is 12.4. The lowest BCUT2D eigenvalue weighted by molar-refractivity contribution is -0.150. The topological polar surface area (TPSA) is 60.5 Å². The van der Waals surface area contributed by atoms with E-state index in [0.717, 1.165) is 18.2 Å². The molecule has 0 bridgehead atoms. The third-order valence-electron chi connectivity index (χ3n) is 6.86. The lowest BCUT2D eigenvalue weighted by Crippen LogP contribution is -2.45. The van der Waals surface area contributed by atoms with Crippen molar-refractivity contribution in [3.05, 3.63) is 47.8 Å². The molecule has 2 aliphatic rings. The highest BCUT2D eigenvalue weighted by Gasteiger charge is 2.38. The van der Waals surface area contributed by atoms with Crippen molar-refractivity contribution in [3.8, 4) is 11.1 Å². The van der Waals surface area contributed by atoms with Crippen LogP contribution in [0.15, 0.2) is 30.5 Å². The van der Waals surface area contributed by atoms with Gasteiger partial charge in [-0.2, -0.15) is 0 Å². The van der Waals surface area contributed by atoms with Crippen molar-refractivity contribution in [2.45, 2.75) is 82.8 Å². The number of pyridine rings is 1. The Hall–Kier alpha value is -2.52. The fourth-order valence-corrected chi connectivity index (χ4v) is 4.60. The molecule has 2 fully saturated rings. The van der Waals surface area contributed by atoms with Crippen LogP contribution in [0.3, 0.4) is 0 Å². The smallest absolute Gasteiger partial charge is 0.253 e. The molecule has 1 N–H and O–H groups in total. The minimum absolute atomic E-state index is 0.0448. The van der Waals surface area contributed by atoms with Crippen LogP contribution in [-0.4, -0.2) is 42.2 Å². The molecule has 2 aromatic rings. The molecular formula is C27H34F4N2O3. The maximum absolute atomic E-state index is 14.7. The number of hydrogen-bond acceptors (Lipinski definition) is 4. The number of methoxy groups -OCH3 is 1. The number of aromatic nitrogens is 1. The molecule has 1 saturated carbocycles. The van der Waals surface area contributed by atoms with Crippen molar-refractivity contribution in [2.75, 3.05) is 19.0 Å². The van der Waals surface area contributed by atoms with E-state index in [-0.39, 0.29) is 55.0 Å². The molecule has 9 heteroatoms. The van der Waals surface area contributed by atoms with E-state index in [1.807, 2.05) is 20.8 Å². The first kappa shape index (κ1) is 28.1. The number of ether oxygens (including phenoxy) is 2. The van der Waals surface area contributed by atoms with E-state index in [1.165, 1.54) is 12.3 Å². The number of amides is 1. The molecule has 1 aliphatic heterocycles. The fourth-order valence-electron chi connectivity index (χ4n) is 4.60. The second-order valence-electron chi connectivity index (χ2n) is 9.35. The van der Waals surface area contributed by atoms with E-state index >= 15 is 0 Å². The van der Waals surface area contributed by atoms with Gasteiger partial charge in [-0.05, 0) is 56.9 Å². The number of nitrogens with one attached hydrogen (secondary N) is 1. The lowest BCUT2D eigenvalue weighted by atomic mass is 9.83. The number of carbonyl (C=O) groups excluding carboxylic acids is 1. The molecule has 36 heavy (non-hydrogen) atoms. The molecule has 0 spiro atoms. The summed E-state index contributed by atoms with van der Waals surface area (Å²) in [5, 5.41) is 2.81. The summed E-state index contributed by atoms with van der Waals surface area (Å²) in [6, 6.07) is 4.54. The number of anilines is 1. The van der Waals surface area contributed by atoms with Crippen molar-refractivity contribution in [2.24, 2.45) is 0 Å². The maximum Gasteiger partial charge on any atom is 0.253 e. The third kappa shape index (κ3) is 6.42. The number of alkyl halides is 2. The Morgan fingerprint density at radius 1 is 1.08 bits per heavy atom. The van der Waals surface area contributed by atoms with Gasteiger partial charge in [0.2, 0.25) is 5.92 Å². The molecule has 1 aromatic heterocycles. The van der Waals surface area contributed by atoms with Crippen LogP contribution in [0.2, 0.25) is 0 Å². The number of nitrogens with zero attached hydrogens (tertiary/aromatic N) is 1. The zero-order valence-electron chi connectivity index (χ0n) is 21.2. The summed E-state index contributed by atoms with van der Waals surface area (Å²) in [7, 11) is 1.58. The Kier molecular flexibility index (Phi) is 9.11. The van der Waals surface area contributed by atoms with Gasteiger partial charge in [-0.15, -0.1) is 0 Å². The Labute approximate surface area is 209 Å². The van der Waals surface area contributed by atoms with Gasteiger partial charge >= 0.3 is 0 Å². The summed E-state index contributed by atoms with van der Waals surface area (Å²) in [6.07, 6.45) is 1.42. The van der Waals surface area contributed by atoms with Crippen LogP contribution in [0.1, 0.15) is 70.9 Å². The average molecular weight is 511 g/mol. The van der Waals surface area contributed by atoms with Crippen molar-refractivity contribution in [1.82, 2.24) is 4.98 Å². The van der Waals surface area contributed by atoms with Gasteiger partial charge in [0.05, 0.1) is 23.6 Å². The van der Waals surface area contributed by atoms with Gasteiger partial charge in [-0.3, -0.25) is 9.78 Å². The van der Waals surface area contributed by atoms with Crippen molar-refractivity contribution in [1.29, 1.82) is 0 Å². The van der Waals surface area contributed by atoms with Crippen LogP contribution in [0.5, 0.6) is 0 Å². The molecule has 0 radical (unpaired) electrons. The monoisotopic (exact) mass is 510 g/mol.